The molecule has 0 aliphatic rings. The lowest BCUT2D eigenvalue weighted by molar-refractivity contribution is 0.0962. The molecule has 1 amide bonds. The average Bonchev–Trinajstić information content (AvgIpc) is 2.69. The van der Waals surface area contributed by atoms with Gasteiger partial charge >= 0.3 is 0 Å². The van der Waals surface area contributed by atoms with Gasteiger partial charge in [0.05, 0.1) is 0 Å². The number of nitrogens with one attached hydrogen (secondary N) is 2. The topological polar surface area (TPSA) is 102 Å². The van der Waals surface area contributed by atoms with Crippen molar-refractivity contribution >= 4 is 17.4 Å². The Morgan fingerprint density at radius 3 is 2.36 bits per heavy atom. The van der Waals surface area contributed by atoms with Crippen molar-refractivity contribution in [3.05, 3.63) is 71.5 Å². The largest absolute Gasteiger partial charge is 0.437 e. The second-order valence-corrected chi connectivity index (χ2v) is 6.71. The number of anilines is 2. The van der Waals surface area contributed by atoms with Crippen LogP contribution in [0.4, 0.5) is 11.5 Å². The summed E-state index contributed by atoms with van der Waals surface area (Å²) in [5.74, 6) is 1.21. The molecule has 4 N–H and O–H groups in total. The van der Waals surface area contributed by atoms with Gasteiger partial charge in [0, 0.05) is 5.56 Å². The normalized spacial score (nSPS) is 10.6. The van der Waals surface area contributed by atoms with Gasteiger partial charge < -0.3 is 10.5 Å². The van der Waals surface area contributed by atoms with E-state index in [1.165, 1.54) is 11.9 Å². The third kappa shape index (κ3) is 4.56. The minimum absolute atomic E-state index is 0.194. The van der Waals surface area contributed by atoms with E-state index in [1.807, 2.05) is 43.3 Å². The number of nitrogen functional groups attached to an aromatic ring is 1. The quantitative estimate of drug-likeness (QED) is 0.560. The lowest BCUT2D eigenvalue weighted by Gasteiger charge is -2.13. The Morgan fingerprint density at radius 2 is 1.71 bits per heavy atom. The van der Waals surface area contributed by atoms with E-state index in [0.717, 1.165) is 5.56 Å². The molecule has 1 heterocycles. The van der Waals surface area contributed by atoms with Gasteiger partial charge in [-0.15, -0.1) is 0 Å². The molecule has 0 spiro atoms. The fourth-order valence-corrected chi connectivity index (χ4v) is 2.49. The Hall–Kier alpha value is -3.61. The van der Waals surface area contributed by atoms with E-state index in [1.54, 1.807) is 12.1 Å². The maximum Gasteiger partial charge on any atom is 0.269 e. The van der Waals surface area contributed by atoms with Crippen molar-refractivity contribution in [1.82, 2.24) is 15.4 Å². The molecule has 0 saturated carbocycles. The molecule has 0 atom stereocenters. The summed E-state index contributed by atoms with van der Waals surface area (Å²) in [6, 6.07) is 14.9. The summed E-state index contributed by atoms with van der Waals surface area (Å²) in [5.41, 5.74) is 14.4. The van der Waals surface area contributed by atoms with Gasteiger partial charge in [-0.2, -0.15) is 4.98 Å². The molecule has 2 aromatic carbocycles. The van der Waals surface area contributed by atoms with Crippen molar-refractivity contribution in [2.24, 2.45) is 0 Å². The van der Waals surface area contributed by atoms with Crippen LogP contribution in [-0.4, -0.2) is 15.9 Å². The summed E-state index contributed by atoms with van der Waals surface area (Å²) < 4.78 is 5.76. The smallest absolute Gasteiger partial charge is 0.269 e. The average molecular weight is 377 g/mol. The second kappa shape index (κ2) is 8.39. The highest BCUT2D eigenvalue weighted by atomic mass is 16.5. The lowest BCUT2D eigenvalue weighted by atomic mass is 10.0. The van der Waals surface area contributed by atoms with Crippen LogP contribution in [0, 0.1) is 6.92 Å². The van der Waals surface area contributed by atoms with E-state index in [-0.39, 0.29) is 23.3 Å². The monoisotopic (exact) mass is 377 g/mol. The lowest BCUT2D eigenvalue weighted by Crippen LogP contribution is -2.30. The van der Waals surface area contributed by atoms with Crippen LogP contribution < -0.4 is 21.3 Å². The van der Waals surface area contributed by atoms with Crippen LogP contribution >= 0.6 is 0 Å². The maximum absolute atomic E-state index is 12.2. The first-order valence-electron chi connectivity index (χ1n) is 8.95. The Morgan fingerprint density at radius 1 is 1.04 bits per heavy atom. The first kappa shape index (κ1) is 19.2. The van der Waals surface area contributed by atoms with Crippen molar-refractivity contribution in [2.75, 3.05) is 11.2 Å². The summed E-state index contributed by atoms with van der Waals surface area (Å²) in [5, 5.41) is 0. The number of benzene rings is 2. The highest BCUT2D eigenvalue weighted by molar-refractivity contribution is 5.95. The summed E-state index contributed by atoms with van der Waals surface area (Å²) in [6.45, 7) is 6.21. The van der Waals surface area contributed by atoms with Crippen LogP contribution in [0.25, 0.3) is 0 Å². The fourth-order valence-electron chi connectivity index (χ4n) is 2.49. The van der Waals surface area contributed by atoms with Crippen LogP contribution in [0.2, 0.25) is 0 Å². The molecule has 1 aromatic heterocycles. The first-order valence-corrected chi connectivity index (χ1v) is 8.95. The van der Waals surface area contributed by atoms with Gasteiger partial charge in [-0.1, -0.05) is 43.7 Å². The number of carbonyl (C=O) groups is 1. The molecule has 0 bridgehead atoms. The highest BCUT2D eigenvalue weighted by Crippen LogP contribution is 2.29. The zero-order valence-electron chi connectivity index (χ0n) is 16.1. The third-order valence-electron chi connectivity index (χ3n) is 4.22. The Kier molecular flexibility index (Phi) is 5.74. The summed E-state index contributed by atoms with van der Waals surface area (Å²) in [7, 11) is 0. The van der Waals surface area contributed by atoms with Gasteiger partial charge in [-0.25, -0.2) is 4.98 Å². The molecular weight excluding hydrogens is 354 g/mol. The molecule has 0 unspecified atom stereocenters. The number of nitrogens with zero attached hydrogens (tertiary/aromatic N) is 2. The summed E-state index contributed by atoms with van der Waals surface area (Å²) in [4.78, 5) is 20.3. The molecular formula is C21H23N5O2. The van der Waals surface area contributed by atoms with Crippen molar-refractivity contribution in [3.63, 3.8) is 0 Å². The predicted molar refractivity (Wildman–Crippen MR) is 109 cm³/mol. The molecule has 0 fully saturated rings. The van der Waals surface area contributed by atoms with Crippen LogP contribution in [0.5, 0.6) is 11.6 Å². The van der Waals surface area contributed by atoms with E-state index in [4.69, 9.17) is 10.5 Å². The second-order valence-electron chi connectivity index (χ2n) is 6.71. The zero-order chi connectivity index (χ0) is 20.1. The van der Waals surface area contributed by atoms with Gasteiger partial charge in [-0.05, 0) is 42.7 Å². The summed E-state index contributed by atoms with van der Waals surface area (Å²) >= 11 is 0. The highest BCUT2D eigenvalue weighted by Gasteiger charge is 2.12. The van der Waals surface area contributed by atoms with E-state index in [0.29, 0.717) is 17.2 Å². The number of nitrogens with two attached hydrogens (primary N) is 1. The molecule has 0 aliphatic carbocycles. The molecule has 0 aliphatic heterocycles. The van der Waals surface area contributed by atoms with Gasteiger partial charge in [-0.3, -0.25) is 15.6 Å². The maximum atomic E-state index is 12.2. The van der Waals surface area contributed by atoms with E-state index < -0.39 is 0 Å². The SMILES string of the molecule is Cc1ccc(C(=O)NNc2ncnc(Oc3ccc(C(C)C)cc3)c2N)cc1. The number of amides is 1. The molecule has 7 nitrogen and oxygen atoms in total. The molecule has 28 heavy (non-hydrogen) atoms. The minimum Gasteiger partial charge on any atom is -0.437 e. The number of aryl methyl sites for hydroxylation is 1. The number of rotatable bonds is 6. The Labute approximate surface area is 163 Å². The van der Waals surface area contributed by atoms with Gasteiger partial charge in [0.15, 0.2) is 5.82 Å². The van der Waals surface area contributed by atoms with Crippen molar-refractivity contribution < 1.29 is 9.53 Å². The van der Waals surface area contributed by atoms with E-state index in [2.05, 4.69) is 34.7 Å². The molecule has 3 rings (SSSR count). The minimum atomic E-state index is -0.301. The number of ether oxygens (including phenoxy) is 1. The molecule has 7 heteroatoms. The Balaban J connectivity index is 1.68. The number of aromatic nitrogens is 2. The van der Waals surface area contributed by atoms with E-state index in [9.17, 15) is 4.79 Å². The van der Waals surface area contributed by atoms with Crippen LogP contribution in [0.15, 0.2) is 54.9 Å². The van der Waals surface area contributed by atoms with Crippen LogP contribution in [0.3, 0.4) is 0 Å². The zero-order valence-corrected chi connectivity index (χ0v) is 16.1. The Bertz CT molecular complexity index is 954. The number of hydrogen-bond acceptors (Lipinski definition) is 6. The van der Waals surface area contributed by atoms with Gasteiger partial charge in [0.25, 0.3) is 5.91 Å². The first-order chi connectivity index (χ1) is 13.4. The number of carbonyl (C=O) groups excluding carboxylic acids is 1. The van der Waals surface area contributed by atoms with Crippen LogP contribution in [0.1, 0.15) is 41.3 Å². The molecule has 144 valence electrons. The predicted octanol–water partition coefficient (Wildman–Crippen LogP) is 4.04. The van der Waals surface area contributed by atoms with Gasteiger partial charge in [0.2, 0.25) is 5.88 Å². The van der Waals surface area contributed by atoms with Crippen LogP contribution in [-0.2, 0) is 0 Å². The molecule has 3 aromatic rings. The van der Waals surface area contributed by atoms with Gasteiger partial charge in [0.1, 0.15) is 17.8 Å². The molecule has 0 radical (unpaired) electrons. The standard InChI is InChI=1S/C21H23N5O2/c1-13(2)15-8-10-17(11-9-15)28-21-18(22)19(23-12-24-21)25-26-20(27)16-6-4-14(3)5-7-16/h4-13H,22H2,1-3H3,(H,26,27)(H,23,24,25). The number of hydrazine groups is 1. The van der Waals surface area contributed by atoms with Crippen molar-refractivity contribution in [2.45, 2.75) is 26.7 Å². The fraction of sp³-hybridized carbons (Fsp3) is 0.190. The van der Waals surface area contributed by atoms with Crippen molar-refractivity contribution in [3.8, 4) is 11.6 Å². The number of hydrogen-bond donors (Lipinski definition) is 3. The molecule has 0 saturated heterocycles. The van der Waals surface area contributed by atoms with Crippen molar-refractivity contribution in [1.29, 1.82) is 0 Å². The summed E-state index contributed by atoms with van der Waals surface area (Å²) in [6.07, 6.45) is 1.31. The van der Waals surface area contributed by atoms with E-state index >= 15 is 0 Å². The third-order valence-corrected chi connectivity index (χ3v) is 4.22.